The Morgan fingerprint density at radius 2 is 1.34 bits per heavy atom. The maximum atomic E-state index is 13.4. The van der Waals surface area contributed by atoms with Gasteiger partial charge in [0.05, 0.1) is 27.3 Å². The lowest BCUT2D eigenvalue weighted by Crippen LogP contribution is -2.44. The van der Waals surface area contributed by atoms with Crippen LogP contribution in [0.15, 0.2) is 58.1 Å². The molecule has 29 heavy (non-hydrogen) atoms. The fourth-order valence-electron chi connectivity index (χ4n) is 2.78. The van der Waals surface area contributed by atoms with E-state index in [9.17, 15) is 18.4 Å². The molecule has 0 saturated carbocycles. The molecule has 152 valence electrons. The summed E-state index contributed by atoms with van der Waals surface area (Å²) in [5.74, 6) is 1.22. The van der Waals surface area contributed by atoms with Crippen LogP contribution in [0.3, 0.4) is 0 Å². The van der Waals surface area contributed by atoms with E-state index in [4.69, 9.17) is 9.47 Å². The van der Waals surface area contributed by atoms with Crippen molar-refractivity contribution in [2.24, 2.45) is 0 Å². The zero-order chi connectivity index (χ0) is 21.0. The van der Waals surface area contributed by atoms with Crippen molar-refractivity contribution in [3.63, 3.8) is 0 Å². The first-order valence-corrected chi connectivity index (χ1v) is 8.68. The van der Waals surface area contributed by atoms with E-state index in [1.54, 1.807) is 48.5 Å². The Morgan fingerprint density at radius 3 is 1.79 bits per heavy atom. The van der Waals surface area contributed by atoms with E-state index < -0.39 is 23.4 Å². The van der Waals surface area contributed by atoms with E-state index >= 15 is 0 Å². The van der Waals surface area contributed by atoms with Gasteiger partial charge in [0.15, 0.2) is 5.69 Å². The molecule has 9 heteroatoms. The zero-order valence-corrected chi connectivity index (χ0v) is 15.8. The van der Waals surface area contributed by atoms with Crippen molar-refractivity contribution in [1.82, 2.24) is 14.3 Å². The van der Waals surface area contributed by atoms with Crippen molar-refractivity contribution >= 4 is 0 Å². The van der Waals surface area contributed by atoms with Crippen molar-refractivity contribution in [3.8, 4) is 11.5 Å². The van der Waals surface area contributed by atoms with Crippen molar-refractivity contribution in [3.05, 3.63) is 86.2 Å². The number of ether oxygens (including phenoxy) is 2. The molecule has 3 rings (SSSR count). The molecule has 1 heterocycles. The van der Waals surface area contributed by atoms with Crippen LogP contribution < -0.4 is 20.7 Å². The van der Waals surface area contributed by atoms with Gasteiger partial charge in [-0.15, -0.1) is 0 Å². The molecule has 0 fully saturated rings. The first-order valence-electron chi connectivity index (χ1n) is 8.68. The molecule has 0 aliphatic heterocycles. The van der Waals surface area contributed by atoms with Crippen molar-refractivity contribution in [2.45, 2.75) is 19.5 Å². The SMILES string of the molecule is COc1ccc(Cn2nc(C(F)F)c(=O)n(Cc3ccc(OC)cc3)c2=O)cc1. The second-order valence-corrected chi connectivity index (χ2v) is 6.21. The molecule has 0 unspecified atom stereocenters. The monoisotopic (exact) mass is 403 g/mol. The number of methoxy groups -OCH3 is 2. The van der Waals surface area contributed by atoms with Crippen molar-refractivity contribution in [2.75, 3.05) is 14.2 Å². The van der Waals surface area contributed by atoms with Crippen LogP contribution >= 0.6 is 0 Å². The van der Waals surface area contributed by atoms with E-state index in [-0.39, 0.29) is 13.1 Å². The third-order valence-corrected chi connectivity index (χ3v) is 4.34. The number of halogens is 2. The van der Waals surface area contributed by atoms with Gasteiger partial charge in [-0.05, 0) is 35.4 Å². The van der Waals surface area contributed by atoms with Gasteiger partial charge < -0.3 is 9.47 Å². The van der Waals surface area contributed by atoms with Crippen LogP contribution in [0.5, 0.6) is 11.5 Å². The standard InChI is InChI=1S/C20H19F2N3O4/c1-28-15-7-3-13(4-8-15)11-24-19(26)17(18(21)22)23-25(20(24)27)12-14-5-9-16(29-2)10-6-14/h3-10,18H,11-12H2,1-2H3. The van der Waals surface area contributed by atoms with Crippen LogP contribution in [0.1, 0.15) is 23.2 Å². The Bertz CT molecular complexity index is 1090. The predicted molar refractivity (Wildman–Crippen MR) is 102 cm³/mol. The minimum Gasteiger partial charge on any atom is -0.497 e. The quantitative estimate of drug-likeness (QED) is 0.606. The van der Waals surface area contributed by atoms with Crippen LogP contribution in [0.2, 0.25) is 0 Å². The summed E-state index contributed by atoms with van der Waals surface area (Å²) in [4.78, 5) is 25.2. The Kier molecular flexibility index (Phi) is 6.06. The summed E-state index contributed by atoms with van der Waals surface area (Å²) in [5.41, 5.74) is -1.60. The molecule has 0 radical (unpaired) electrons. The molecular formula is C20H19F2N3O4. The number of alkyl halides is 2. The lowest BCUT2D eigenvalue weighted by Gasteiger charge is -2.12. The third kappa shape index (κ3) is 4.50. The Labute approximate surface area is 164 Å². The largest absolute Gasteiger partial charge is 0.497 e. The number of aromatic nitrogens is 3. The van der Waals surface area contributed by atoms with Gasteiger partial charge in [0.25, 0.3) is 12.0 Å². The van der Waals surface area contributed by atoms with Gasteiger partial charge in [0, 0.05) is 0 Å². The smallest absolute Gasteiger partial charge is 0.348 e. The molecular weight excluding hydrogens is 384 g/mol. The summed E-state index contributed by atoms with van der Waals surface area (Å²) in [6.07, 6.45) is -3.10. The fraction of sp³-hybridized carbons (Fsp3) is 0.250. The predicted octanol–water partition coefficient (Wildman–Crippen LogP) is 2.46. The van der Waals surface area contributed by atoms with Gasteiger partial charge in [0.2, 0.25) is 0 Å². The Morgan fingerprint density at radius 1 is 0.862 bits per heavy atom. The van der Waals surface area contributed by atoms with E-state index in [1.165, 1.54) is 14.2 Å². The lowest BCUT2D eigenvalue weighted by molar-refractivity contribution is 0.139. The van der Waals surface area contributed by atoms with Gasteiger partial charge in [-0.25, -0.2) is 18.3 Å². The van der Waals surface area contributed by atoms with Crippen LogP contribution in [-0.2, 0) is 13.1 Å². The second kappa shape index (κ2) is 8.68. The van der Waals surface area contributed by atoms with Gasteiger partial charge in [0.1, 0.15) is 11.5 Å². The minimum atomic E-state index is -3.10. The molecule has 0 aliphatic rings. The lowest BCUT2D eigenvalue weighted by atomic mass is 10.2. The zero-order valence-electron chi connectivity index (χ0n) is 15.8. The molecule has 0 spiro atoms. The maximum absolute atomic E-state index is 13.4. The third-order valence-electron chi connectivity index (χ3n) is 4.34. The highest BCUT2D eigenvalue weighted by atomic mass is 19.3. The van der Waals surface area contributed by atoms with Crippen LogP contribution in [0.4, 0.5) is 8.78 Å². The van der Waals surface area contributed by atoms with Gasteiger partial charge in [-0.3, -0.25) is 9.36 Å². The molecule has 0 atom stereocenters. The number of hydrogen-bond acceptors (Lipinski definition) is 5. The molecule has 0 bridgehead atoms. The summed E-state index contributed by atoms with van der Waals surface area (Å²) in [6.45, 7) is -0.224. The molecule has 0 N–H and O–H groups in total. The van der Waals surface area contributed by atoms with Gasteiger partial charge in [-0.2, -0.15) is 5.10 Å². The number of rotatable bonds is 7. The molecule has 0 amide bonds. The molecule has 2 aromatic carbocycles. The second-order valence-electron chi connectivity index (χ2n) is 6.21. The van der Waals surface area contributed by atoms with E-state index in [0.717, 1.165) is 9.25 Å². The Balaban J connectivity index is 2.02. The number of hydrogen-bond donors (Lipinski definition) is 0. The van der Waals surface area contributed by atoms with E-state index in [2.05, 4.69) is 5.10 Å². The van der Waals surface area contributed by atoms with Crippen LogP contribution in [0.25, 0.3) is 0 Å². The average Bonchev–Trinajstić information content (AvgIpc) is 2.73. The summed E-state index contributed by atoms with van der Waals surface area (Å²) in [6, 6.07) is 13.4. The van der Waals surface area contributed by atoms with Crippen LogP contribution in [-0.4, -0.2) is 28.6 Å². The summed E-state index contributed by atoms with van der Waals surface area (Å²) >= 11 is 0. The van der Waals surface area contributed by atoms with Gasteiger partial charge >= 0.3 is 5.69 Å². The van der Waals surface area contributed by atoms with Crippen molar-refractivity contribution in [1.29, 1.82) is 0 Å². The topological polar surface area (TPSA) is 75.3 Å². The number of nitrogens with zero attached hydrogens (tertiary/aromatic N) is 3. The molecule has 0 saturated heterocycles. The first-order chi connectivity index (χ1) is 13.9. The van der Waals surface area contributed by atoms with Crippen molar-refractivity contribution < 1.29 is 18.3 Å². The first kappa shape index (κ1) is 20.2. The summed E-state index contributed by atoms with van der Waals surface area (Å²) < 4.78 is 38.5. The van der Waals surface area contributed by atoms with E-state index in [0.29, 0.717) is 22.6 Å². The molecule has 7 nitrogen and oxygen atoms in total. The average molecular weight is 403 g/mol. The highest BCUT2D eigenvalue weighted by molar-refractivity contribution is 5.28. The molecule has 1 aromatic heterocycles. The summed E-state index contributed by atoms with van der Waals surface area (Å²) in [5, 5.41) is 3.61. The molecule has 3 aromatic rings. The highest BCUT2D eigenvalue weighted by Crippen LogP contribution is 2.14. The fourth-order valence-corrected chi connectivity index (χ4v) is 2.78. The highest BCUT2D eigenvalue weighted by Gasteiger charge is 2.21. The normalized spacial score (nSPS) is 10.9. The van der Waals surface area contributed by atoms with Gasteiger partial charge in [-0.1, -0.05) is 24.3 Å². The summed E-state index contributed by atoms with van der Waals surface area (Å²) in [7, 11) is 3.03. The minimum absolute atomic E-state index is 0.0640. The Hall–Kier alpha value is -3.49. The van der Waals surface area contributed by atoms with Crippen LogP contribution in [0, 0.1) is 0 Å². The van der Waals surface area contributed by atoms with E-state index in [1.807, 2.05) is 0 Å². The number of benzene rings is 2. The maximum Gasteiger partial charge on any atom is 0.348 e. The molecule has 0 aliphatic carbocycles.